The minimum Gasteiger partial charge on any atom is -0.449 e. The minimum atomic E-state index is -0.917. The van der Waals surface area contributed by atoms with Gasteiger partial charge >= 0.3 is 6.09 Å². The number of hydrogen-bond acceptors (Lipinski definition) is 5. The van der Waals surface area contributed by atoms with Crippen LogP contribution in [0.5, 0.6) is 0 Å². The number of ether oxygens (including phenoxy) is 1. The van der Waals surface area contributed by atoms with Gasteiger partial charge < -0.3 is 15.4 Å². The number of aromatic nitrogens is 2. The van der Waals surface area contributed by atoms with Gasteiger partial charge in [0, 0.05) is 6.07 Å². The fourth-order valence-electron chi connectivity index (χ4n) is 1.89. The molecule has 1 atom stereocenters. The minimum absolute atomic E-state index is 0.141. The smallest absolute Gasteiger partial charge is 0.407 e. The lowest BCUT2D eigenvalue weighted by Gasteiger charge is -2.23. The first kappa shape index (κ1) is 20.7. The molecule has 8 heteroatoms. The second-order valence-corrected chi connectivity index (χ2v) is 6.72. The summed E-state index contributed by atoms with van der Waals surface area (Å²) in [4.78, 5) is 36.4. The van der Waals surface area contributed by atoms with Crippen LogP contribution >= 0.6 is 0 Å². The van der Waals surface area contributed by atoms with Crippen LogP contribution in [0.4, 0.5) is 10.6 Å². The number of hydrogen-bond donors (Lipinski definition) is 3. The van der Waals surface area contributed by atoms with E-state index in [2.05, 4.69) is 20.8 Å². The number of nitrogens with one attached hydrogen (secondary N) is 3. The van der Waals surface area contributed by atoms with E-state index in [9.17, 15) is 14.4 Å². The highest BCUT2D eigenvalue weighted by molar-refractivity contribution is 6.42. The maximum Gasteiger partial charge on any atom is 0.407 e. The van der Waals surface area contributed by atoms with Gasteiger partial charge in [-0.05, 0) is 18.3 Å². The van der Waals surface area contributed by atoms with Crippen molar-refractivity contribution in [1.82, 2.24) is 15.5 Å². The first-order valence-electron chi connectivity index (χ1n) is 8.57. The molecule has 1 rings (SSSR count). The largest absolute Gasteiger partial charge is 0.449 e. The summed E-state index contributed by atoms with van der Waals surface area (Å²) in [6.07, 6.45) is 3.54. The van der Waals surface area contributed by atoms with E-state index in [4.69, 9.17) is 4.74 Å². The molecule has 0 radical (unpaired) electrons. The van der Waals surface area contributed by atoms with Crippen molar-refractivity contribution >= 4 is 23.6 Å². The van der Waals surface area contributed by atoms with Crippen LogP contribution in [0.25, 0.3) is 0 Å². The Hall–Kier alpha value is -2.38. The average Bonchev–Trinajstić information content (AvgIpc) is 3.09. The first-order chi connectivity index (χ1) is 11.8. The number of carbonyl (C=O) groups is 3. The molecule has 0 saturated heterocycles. The molecule has 0 bridgehead atoms. The normalized spacial score (nSPS) is 12.3. The summed E-state index contributed by atoms with van der Waals surface area (Å²) in [6, 6.07) is 0.612. The van der Waals surface area contributed by atoms with Crippen molar-refractivity contribution in [3.63, 3.8) is 0 Å². The third kappa shape index (κ3) is 7.36. The molecule has 1 heterocycles. The molecule has 8 nitrogen and oxygen atoms in total. The summed E-state index contributed by atoms with van der Waals surface area (Å²) in [5.41, 5.74) is -0.141. The SMILES string of the molecule is CCCC[C@H](NC(=O)OCC(C)(C)CC)C(=O)C(=O)Nc1ccn[nH]1. The Labute approximate surface area is 148 Å². The zero-order valence-corrected chi connectivity index (χ0v) is 15.3. The van der Waals surface area contributed by atoms with Crippen molar-refractivity contribution in [1.29, 1.82) is 0 Å². The second kappa shape index (κ2) is 9.80. The lowest BCUT2D eigenvalue weighted by atomic mass is 9.92. The number of alkyl carbamates (subject to hydrolysis) is 1. The zero-order chi connectivity index (χ0) is 18.9. The van der Waals surface area contributed by atoms with Crippen LogP contribution in [0.15, 0.2) is 12.3 Å². The van der Waals surface area contributed by atoms with E-state index in [-0.39, 0.29) is 12.0 Å². The van der Waals surface area contributed by atoms with Crippen LogP contribution in [0, 0.1) is 5.41 Å². The topological polar surface area (TPSA) is 113 Å². The summed E-state index contributed by atoms with van der Waals surface area (Å²) < 4.78 is 5.19. The van der Waals surface area contributed by atoms with Crippen molar-refractivity contribution in [3.05, 3.63) is 12.3 Å². The van der Waals surface area contributed by atoms with E-state index >= 15 is 0 Å². The van der Waals surface area contributed by atoms with Gasteiger partial charge in [-0.2, -0.15) is 5.10 Å². The van der Waals surface area contributed by atoms with Gasteiger partial charge in [0.15, 0.2) is 0 Å². The molecule has 0 spiro atoms. The molecule has 0 fully saturated rings. The van der Waals surface area contributed by atoms with Gasteiger partial charge in [-0.15, -0.1) is 0 Å². The Morgan fingerprint density at radius 1 is 1.32 bits per heavy atom. The number of anilines is 1. The number of rotatable bonds is 10. The predicted octanol–water partition coefficient (Wildman–Crippen LogP) is 2.64. The molecule has 0 aliphatic carbocycles. The molecule has 1 aromatic rings. The number of amides is 2. The Morgan fingerprint density at radius 3 is 2.60 bits per heavy atom. The van der Waals surface area contributed by atoms with Crippen LogP contribution in [0.1, 0.15) is 53.4 Å². The molecule has 25 heavy (non-hydrogen) atoms. The summed E-state index contributed by atoms with van der Waals surface area (Å²) in [5, 5.41) is 11.2. The highest BCUT2D eigenvalue weighted by Crippen LogP contribution is 2.19. The third-order valence-electron chi connectivity index (χ3n) is 3.98. The van der Waals surface area contributed by atoms with Crippen LogP contribution < -0.4 is 10.6 Å². The van der Waals surface area contributed by atoms with Gasteiger partial charge in [0.2, 0.25) is 5.78 Å². The van der Waals surface area contributed by atoms with Crippen molar-refractivity contribution in [2.24, 2.45) is 5.41 Å². The molecule has 1 aromatic heterocycles. The molecule has 0 aliphatic heterocycles. The van der Waals surface area contributed by atoms with E-state index < -0.39 is 23.8 Å². The number of H-pyrrole nitrogens is 1. The Bertz CT molecular complexity index is 569. The predicted molar refractivity (Wildman–Crippen MR) is 94.1 cm³/mol. The van der Waals surface area contributed by atoms with Crippen molar-refractivity contribution in [3.8, 4) is 0 Å². The summed E-state index contributed by atoms with van der Waals surface area (Å²) in [5.74, 6) is -1.20. The van der Waals surface area contributed by atoms with Crippen LogP contribution in [0.2, 0.25) is 0 Å². The van der Waals surface area contributed by atoms with Crippen LogP contribution in [-0.4, -0.2) is 40.6 Å². The number of Topliss-reactive ketones (excluding diaryl/α,β-unsaturated/α-hetero) is 1. The van der Waals surface area contributed by atoms with Gasteiger partial charge in [-0.3, -0.25) is 14.7 Å². The molecule has 0 aromatic carbocycles. The molecule has 0 unspecified atom stereocenters. The van der Waals surface area contributed by atoms with E-state index in [1.165, 1.54) is 12.3 Å². The molecular weight excluding hydrogens is 324 g/mol. The molecule has 140 valence electrons. The standard InChI is InChI=1S/C17H28N4O4/c1-5-7-8-12(19-16(24)25-11-17(3,4)6-2)14(22)15(23)20-13-9-10-18-21-13/h9-10,12H,5-8,11H2,1-4H3,(H,19,24)(H2,18,20,21,23)/t12-/m0/s1. The van der Waals surface area contributed by atoms with Gasteiger partial charge in [-0.1, -0.05) is 40.5 Å². The monoisotopic (exact) mass is 352 g/mol. The van der Waals surface area contributed by atoms with Gasteiger partial charge in [0.05, 0.1) is 12.8 Å². The highest BCUT2D eigenvalue weighted by Gasteiger charge is 2.28. The van der Waals surface area contributed by atoms with Crippen molar-refractivity contribution in [2.45, 2.75) is 59.4 Å². The third-order valence-corrected chi connectivity index (χ3v) is 3.98. The van der Waals surface area contributed by atoms with Crippen LogP contribution in [0.3, 0.4) is 0 Å². The van der Waals surface area contributed by atoms with Gasteiger partial charge in [0.25, 0.3) is 5.91 Å². The number of aromatic amines is 1. The summed E-state index contributed by atoms with van der Waals surface area (Å²) >= 11 is 0. The highest BCUT2D eigenvalue weighted by atomic mass is 16.5. The molecule has 0 saturated carbocycles. The maximum absolute atomic E-state index is 12.4. The second-order valence-electron chi connectivity index (χ2n) is 6.72. The lowest BCUT2D eigenvalue weighted by Crippen LogP contribution is -2.46. The van der Waals surface area contributed by atoms with Crippen molar-refractivity contribution in [2.75, 3.05) is 11.9 Å². The van der Waals surface area contributed by atoms with Crippen molar-refractivity contribution < 1.29 is 19.1 Å². The fraction of sp³-hybridized carbons (Fsp3) is 0.647. The summed E-state index contributed by atoms with van der Waals surface area (Å²) in [6.45, 7) is 8.18. The maximum atomic E-state index is 12.4. The molecular formula is C17H28N4O4. The van der Waals surface area contributed by atoms with E-state index in [1.807, 2.05) is 27.7 Å². The number of unbranched alkanes of at least 4 members (excludes halogenated alkanes) is 1. The number of nitrogens with zero attached hydrogens (tertiary/aromatic N) is 1. The van der Waals surface area contributed by atoms with Gasteiger partial charge in [-0.25, -0.2) is 4.79 Å². The summed E-state index contributed by atoms with van der Waals surface area (Å²) in [7, 11) is 0. The fourth-order valence-corrected chi connectivity index (χ4v) is 1.89. The lowest BCUT2D eigenvalue weighted by molar-refractivity contribution is -0.136. The van der Waals surface area contributed by atoms with E-state index in [0.29, 0.717) is 18.7 Å². The van der Waals surface area contributed by atoms with E-state index in [1.54, 1.807) is 0 Å². The number of ketones is 1. The Kier molecular flexibility index (Phi) is 8.10. The first-order valence-corrected chi connectivity index (χ1v) is 8.57. The van der Waals surface area contributed by atoms with Gasteiger partial charge in [0.1, 0.15) is 11.9 Å². The van der Waals surface area contributed by atoms with E-state index in [0.717, 1.165) is 12.8 Å². The number of carbonyl (C=O) groups excluding carboxylic acids is 3. The molecule has 0 aliphatic rings. The Morgan fingerprint density at radius 2 is 2.04 bits per heavy atom. The van der Waals surface area contributed by atoms with Crippen LogP contribution in [-0.2, 0) is 14.3 Å². The zero-order valence-electron chi connectivity index (χ0n) is 15.3. The molecule has 2 amide bonds. The average molecular weight is 352 g/mol. The Balaban J connectivity index is 2.63. The molecule has 3 N–H and O–H groups in total. The quantitative estimate of drug-likeness (QED) is 0.560.